The van der Waals surface area contributed by atoms with Crippen LogP contribution in [0, 0.1) is 23.6 Å². The number of halogens is 2. The van der Waals surface area contributed by atoms with E-state index in [4.69, 9.17) is 0 Å². The summed E-state index contributed by atoms with van der Waals surface area (Å²) in [4.78, 5) is 0. The van der Waals surface area contributed by atoms with Crippen LogP contribution in [-0.2, 0) is 0 Å². The molecule has 0 N–H and O–H groups in total. The van der Waals surface area contributed by atoms with E-state index in [1.165, 1.54) is 70.3 Å². The summed E-state index contributed by atoms with van der Waals surface area (Å²) in [5.41, 5.74) is 1.50. The molecule has 2 aliphatic carbocycles. The maximum absolute atomic E-state index is 14.5. The third-order valence-electron chi connectivity index (χ3n) is 7.60. The molecule has 0 amide bonds. The molecule has 2 saturated carbocycles. The summed E-state index contributed by atoms with van der Waals surface area (Å²) in [6, 6.07) is 5.47. The third-order valence-corrected chi connectivity index (χ3v) is 7.60. The van der Waals surface area contributed by atoms with Crippen LogP contribution in [-0.4, -0.2) is 0 Å². The van der Waals surface area contributed by atoms with Crippen molar-refractivity contribution in [1.82, 2.24) is 0 Å². The average Bonchev–Trinajstić information content (AvgIpc) is 2.75. The molecule has 0 unspecified atom stereocenters. The largest absolute Gasteiger partial charge is 0.212 e. The van der Waals surface area contributed by atoms with E-state index in [2.05, 4.69) is 6.92 Å². The first-order valence-electron chi connectivity index (χ1n) is 12.3. The van der Waals surface area contributed by atoms with Gasteiger partial charge in [-0.3, -0.25) is 0 Å². The second-order valence-electron chi connectivity index (χ2n) is 9.66. The van der Waals surface area contributed by atoms with Gasteiger partial charge in [-0.1, -0.05) is 58.1 Å². The molecule has 2 heteroatoms. The molecule has 0 nitrogen and oxygen atoms in total. The van der Waals surface area contributed by atoms with Gasteiger partial charge in [0.05, 0.1) is 0 Å². The molecule has 162 valence electrons. The van der Waals surface area contributed by atoms with Crippen molar-refractivity contribution in [2.45, 2.75) is 103 Å². The van der Waals surface area contributed by atoms with Crippen LogP contribution in [0.4, 0.5) is 8.78 Å². The molecule has 0 aromatic heterocycles. The summed E-state index contributed by atoms with van der Waals surface area (Å²) in [6.07, 6.45) is 17.0. The number of unbranched alkanes of at least 4 members (excludes halogenated alkanes) is 1. The van der Waals surface area contributed by atoms with Crippen LogP contribution in [0.2, 0.25) is 0 Å². The van der Waals surface area contributed by atoms with Crippen molar-refractivity contribution < 1.29 is 8.78 Å². The lowest BCUT2D eigenvalue weighted by Crippen LogP contribution is -2.25. The first-order chi connectivity index (χ1) is 14.1. The zero-order chi connectivity index (χ0) is 20.6. The monoisotopic (exact) mass is 402 g/mol. The minimum Gasteiger partial charge on any atom is -0.212 e. The van der Waals surface area contributed by atoms with Gasteiger partial charge < -0.3 is 0 Å². The van der Waals surface area contributed by atoms with E-state index in [1.54, 1.807) is 12.1 Å². The summed E-state index contributed by atoms with van der Waals surface area (Å²) in [6.45, 7) is 4.34. The Kier molecular flexibility index (Phi) is 8.75. The quantitative estimate of drug-likeness (QED) is 0.406. The standard InChI is InChI=1S/C27H40F2/c1-3-5-7-26(28)18-25-17-16-24(19-27(25)29)23-14-12-22(13-15-23)21-10-8-20(6-4-2)9-11-21/h16-23H,3-15H2,1-2H3/b26-18+/t20-,21-,22?,23?. The van der Waals surface area contributed by atoms with Crippen LogP contribution >= 0.6 is 0 Å². The predicted octanol–water partition coefficient (Wildman–Crippen LogP) is 9.21. The highest BCUT2D eigenvalue weighted by Gasteiger charge is 2.31. The topological polar surface area (TPSA) is 0 Å². The Morgan fingerprint density at radius 2 is 1.59 bits per heavy atom. The van der Waals surface area contributed by atoms with Crippen molar-refractivity contribution in [3.8, 4) is 0 Å². The van der Waals surface area contributed by atoms with Gasteiger partial charge >= 0.3 is 0 Å². The van der Waals surface area contributed by atoms with E-state index >= 15 is 0 Å². The second-order valence-corrected chi connectivity index (χ2v) is 9.66. The van der Waals surface area contributed by atoms with Crippen LogP contribution in [0.15, 0.2) is 24.0 Å². The smallest absolute Gasteiger partial charge is 0.130 e. The summed E-state index contributed by atoms with van der Waals surface area (Å²) >= 11 is 0. The maximum atomic E-state index is 14.5. The molecule has 0 saturated heterocycles. The fourth-order valence-corrected chi connectivity index (χ4v) is 5.78. The van der Waals surface area contributed by atoms with Gasteiger partial charge in [0.1, 0.15) is 11.6 Å². The summed E-state index contributed by atoms with van der Waals surface area (Å²) < 4.78 is 28.4. The van der Waals surface area contributed by atoms with Crippen LogP contribution < -0.4 is 0 Å². The van der Waals surface area contributed by atoms with Gasteiger partial charge in [0.2, 0.25) is 0 Å². The average molecular weight is 403 g/mol. The summed E-state index contributed by atoms with van der Waals surface area (Å²) in [5.74, 6) is 2.78. The summed E-state index contributed by atoms with van der Waals surface area (Å²) in [7, 11) is 0. The van der Waals surface area contributed by atoms with E-state index in [1.807, 2.05) is 13.0 Å². The molecule has 0 spiro atoms. The molecule has 29 heavy (non-hydrogen) atoms. The number of benzene rings is 1. The van der Waals surface area contributed by atoms with Gasteiger partial charge in [-0.2, -0.15) is 0 Å². The van der Waals surface area contributed by atoms with Crippen molar-refractivity contribution in [2.75, 3.05) is 0 Å². The second kappa shape index (κ2) is 11.3. The van der Waals surface area contributed by atoms with Crippen molar-refractivity contribution >= 4 is 6.08 Å². The third kappa shape index (κ3) is 6.40. The van der Waals surface area contributed by atoms with Crippen LogP contribution in [0.1, 0.15) is 114 Å². The molecule has 0 aliphatic heterocycles. The minimum absolute atomic E-state index is 0.215. The highest BCUT2D eigenvalue weighted by molar-refractivity contribution is 5.52. The molecule has 1 aromatic rings. The molecular weight excluding hydrogens is 362 g/mol. The van der Waals surface area contributed by atoms with E-state index in [-0.39, 0.29) is 11.6 Å². The van der Waals surface area contributed by atoms with Crippen LogP contribution in [0.5, 0.6) is 0 Å². The summed E-state index contributed by atoms with van der Waals surface area (Å²) in [5, 5.41) is 0. The van der Waals surface area contributed by atoms with E-state index < -0.39 is 0 Å². The first-order valence-corrected chi connectivity index (χ1v) is 12.3. The van der Waals surface area contributed by atoms with E-state index in [0.29, 0.717) is 17.9 Å². The highest BCUT2D eigenvalue weighted by Crippen LogP contribution is 2.44. The normalized spacial score (nSPS) is 28.5. The lowest BCUT2D eigenvalue weighted by Gasteiger charge is -2.38. The Morgan fingerprint density at radius 1 is 0.931 bits per heavy atom. The molecule has 0 bridgehead atoms. The number of allylic oxidation sites excluding steroid dienone is 1. The zero-order valence-electron chi connectivity index (χ0n) is 18.6. The highest BCUT2D eigenvalue weighted by atomic mass is 19.1. The fourth-order valence-electron chi connectivity index (χ4n) is 5.78. The Morgan fingerprint density at radius 3 is 2.17 bits per heavy atom. The zero-order valence-corrected chi connectivity index (χ0v) is 18.6. The molecule has 3 rings (SSSR count). The molecule has 0 atom stereocenters. The van der Waals surface area contributed by atoms with Crippen LogP contribution in [0.25, 0.3) is 6.08 Å². The van der Waals surface area contributed by atoms with Gasteiger partial charge in [-0.15, -0.1) is 0 Å². The minimum atomic E-state index is -0.273. The van der Waals surface area contributed by atoms with Gasteiger partial charge in [-0.05, 0) is 92.7 Å². The Labute approximate surface area is 177 Å². The van der Waals surface area contributed by atoms with Crippen LogP contribution in [0.3, 0.4) is 0 Å². The van der Waals surface area contributed by atoms with Gasteiger partial charge in [0.15, 0.2) is 0 Å². The number of hydrogen-bond acceptors (Lipinski definition) is 0. The molecular formula is C27H40F2. The maximum Gasteiger partial charge on any atom is 0.130 e. The van der Waals surface area contributed by atoms with Gasteiger partial charge in [0, 0.05) is 5.56 Å². The number of rotatable bonds is 8. The van der Waals surface area contributed by atoms with Gasteiger partial charge in [0.25, 0.3) is 0 Å². The number of hydrogen-bond donors (Lipinski definition) is 0. The SMILES string of the molecule is CCCC/C(F)=C\c1ccc(C2CCC([C@H]3CC[C@H](CCC)CC3)CC2)cc1F. The first kappa shape index (κ1) is 22.5. The molecule has 0 heterocycles. The molecule has 0 radical (unpaired) electrons. The van der Waals surface area contributed by atoms with Crippen molar-refractivity contribution in [3.05, 3.63) is 41.0 Å². The Hall–Kier alpha value is -1.18. The molecule has 2 aliphatic rings. The fraction of sp³-hybridized carbons (Fsp3) is 0.704. The Bertz CT molecular complexity index is 647. The molecule has 1 aromatic carbocycles. The Balaban J connectivity index is 1.51. The van der Waals surface area contributed by atoms with Crippen molar-refractivity contribution in [1.29, 1.82) is 0 Å². The van der Waals surface area contributed by atoms with Crippen molar-refractivity contribution in [3.63, 3.8) is 0 Å². The molecule has 2 fully saturated rings. The van der Waals surface area contributed by atoms with Gasteiger partial charge in [-0.25, -0.2) is 8.78 Å². The van der Waals surface area contributed by atoms with E-state index in [0.717, 1.165) is 36.2 Å². The predicted molar refractivity (Wildman–Crippen MR) is 120 cm³/mol. The lowest BCUT2D eigenvalue weighted by atomic mass is 9.68. The van der Waals surface area contributed by atoms with Crippen molar-refractivity contribution in [2.24, 2.45) is 17.8 Å². The van der Waals surface area contributed by atoms with E-state index in [9.17, 15) is 8.78 Å². The lowest BCUT2D eigenvalue weighted by molar-refractivity contribution is 0.156.